The van der Waals surface area contributed by atoms with Gasteiger partial charge in [0.05, 0.1) is 20.0 Å². The van der Waals surface area contributed by atoms with Crippen molar-refractivity contribution in [2.24, 2.45) is 0 Å². The van der Waals surface area contributed by atoms with E-state index in [2.05, 4.69) is 20.9 Å². The maximum Gasteiger partial charge on any atom is 0.312 e. The number of anilines is 1. The number of fused-ring (bicyclic) bond motifs is 1. The fourth-order valence-electron chi connectivity index (χ4n) is 5.58. The zero-order valence-electron chi connectivity index (χ0n) is 22.7. The van der Waals surface area contributed by atoms with Gasteiger partial charge in [-0.05, 0) is 28.8 Å². The normalized spacial score (nSPS) is 20.4. The molecule has 3 aromatic carbocycles. The first-order valence-electron chi connectivity index (χ1n) is 13.3. The topological polar surface area (TPSA) is 118 Å². The van der Waals surface area contributed by atoms with Crippen molar-refractivity contribution in [2.45, 2.75) is 30.0 Å². The fourth-order valence-corrected chi connectivity index (χ4v) is 5.58. The van der Waals surface area contributed by atoms with Crippen LogP contribution < -0.4 is 10.5 Å². The summed E-state index contributed by atoms with van der Waals surface area (Å²) in [7, 11) is 1.61. The van der Waals surface area contributed by atoms with Crippen LogP contribution in [0.1, 0.15) is 29.3 Å². The van der Waals surface area contributed by atoms with Crippen LogP contribution in [0, 0.1) is 18.4 Å². The molecular weight excluding hydrogens is 537 g/mol. The summed E-state index contributed by atoms with van der Waals surface area (Å²) < 4.78 is 34.6. The minimum absolute atomic E-state index is 0.0981. The van der Waals surface area contributed by atoms with E-state index in [1.165, 1.54) is 10.9 Å². The van der Waals surface area contributed by atoms with Gasteiger partial charge >= 0.3 is 6.08 Å². The molecule has 9 nitrogen and oxygen atoms in total. The quantitative estimate of drug-likeness (QED) is 0.163. The minimum atomic E-state index is -1.56. The summed E-state index contributed by atoms with van der Waals surface area (Å²) in [5, 5.41) is 10.7. The third-order valence-corrected chi connectivity index (χ3v) is 7.67. The highest BCUT2D eigenvalue weighted by Crippen LogP contribution is 2.48. The van der Waals surface area contributed by atoms with Crippen LogP contribution >= 0.6 is 0 Å². The number of nitrogens with zero attached hydrogens (tertiary/aromatic N) is 4. The van der Waals surface area contributed by atoms with Gasteiger partial charge in [0.2, 0.25) is 0 Å². The molecule has 1 fully saturated rings. The molecule has 1 aliphatic heterocycles. The van der Waals surface area contributed by atoms with Gasteiger partial charge in [-0.1, -0.05) is 78.7 Å². The first-order valence-corrected chi connectivity index (χ1v) is 13.3. The predicted octanol–water partition coefficient (Wildman–Crippen LogP) is 4.22. The molecule has 3 heterocycles. The Morgan fingerprint density at radius 2 is 1.67 bits per heavy atom. The summed E-state index contributed by atoms with van der Waals surface area (Å²) in [6.07, 6.45) is 5.02. The molecular formula is C32H28FN5O4. The van der Waals surface area contributed by atoms with Crippen LogP contribution in [-0.2, 0) is 15.1 Å². The molecule has 0 amide bonds. The standard InChI is InChI=1S/C32H28FN5O4/c1-3-31(19-39)25(18-26(42-31)38-20-35-27-28(34)36-30(33)37-29(27)38)41-32(21-10-6-4-7-11-21,22-12-8-5-9-13-22)23-14-16-24(40-2)17-15-23/h1,4-17,20,25-26,39H,18-19H2,2H3,(H2,34,36,37)/t25-,26+,31+/m0/s1. The van der Waals surface area contributed by atoms with Crippen LogP contribution in [0.25, 0.3) is 11.2 Å². The van der Waals surface area contributed by atoms with E-state index >= 15 is 0 Å². The number of aliphatic hydroxyl groups excluding tert-OH is 1. The number of aromatic nitrogens is 4. The van der Waals surface area contributed by atoms with Crippen molar-refractivity contribution < 1.29 is 23.7 Å². The molecule has 42 heavy (non-hydrogen) atoms. The maximum absolute atomic E-state index is 14.2. The van der Waals surface area contributed by atoms with E-state index in [1.807, 2.05) is 84.9 Å². The highest BCUT2D eigenvalue weighted by Gasteiger charge is 2.53. The van der Waals surface area contributed by atoms with E-state index in [0.29, 0.717) is 5.75 Å². The molecule has 2 aromatic heterocycles. The van der Waals surface area contributed by atoms with E-state index in [-0.39, 0.29) is 23.4 Å². The van der Waals surface area contributed by atoms with Gasteiger partial charge in [-0.15, -0.1) is 6.42 Å². The Balaban J connectivity index is 1.52. The van der Waals surface area contributed by atoms with Gasteiger partial charge in [0.1, 0.15) is 23.7 Å². The third-order valence-electron chi connectivity index (χ3n) is 7.67. The number of nitrogen functional groups attached to an aromatic ring is 1. The van der Waals surface area contributed by atoms with Crippen LogP contribution in [0.2, 0.25) is 0 Å². The number of terminal acetylenes is 1. The molecule has 1 aliphatic rings. The molecule has 0 saturated carbocycles. The van der Waals surface area contributed by atoms with E-state index < -0.39 is 36.2 Å². The molecule has 0 radical (unpaired) electrons. The van der Waals surface area contributed by atoms with Crippen molar-refractivity contribution in [1.82, 2.24) is 19.5 Å². The predicted molar refractivity (Wildman–Crippen MR) is 154 cm³/mol. The van der Waals surface area contributed by atoms with Crippen molar-refractivity contribution in [3.05, 3.63) is 114 Å². The molecule has 5 aromatic rings. The van der Waals surface area contributed by atoms with Crippen LogP contribution in [0.4, 0.5) is 10.2 Å². The zero-order chi connectivity index (χ0) is 29.3. The molecule has 3 atom stereocenters. The molecule has 212 valence electrons. The molecule has 10 heteroatoms. The smallest absolute Gasteiger partial charge is 0.312 e. The van der Waals surface area contributed by atoms with E-state index in [1.54, 1.807) is 7.11 Å². The molecule has 0 aliphatic carbocycles. The van der Waals surface area contributed by atoms with Crippen molar-refractivity contribution in [2.75, 3.05) is 19.5 Å². The number of methoxy groups -OCH3 is 1. The first kappa shape index (κ1) is 27.4. The Hall–Kier alpha value is -4.82. The molecule has 0 bridgehead atoms. The van der Waals surface area contributed by atoms with Crippen molar-refractivity contribution >= 4 is 17.0 Å². The molecule has 3 N–H and O–H groups in total. The minimum Gasteiger partial charge on any atom is -0.497 e. The summed E-state index contributed by atoms with van der Waals surface area (Å²) in [6.45, 7) is -0.537. The third kappa shape index (κ3) is 4.44. The Bertz CT molecular complexity index is 1700. The number of aliphatic hydroxyl groups is 1. The summed E-state index contributed by atoms with van der Waals surface area (Å²) in [5.74, 6) is 3.24. The Morgan fingerprint density at radius 1 is 1.05 bits per heavy atom. The molecule has 0 unspecified atom stereocenters. The van der Waals surface area contributed by atoms with Gasteiger partial charge in [0.25, 0.3) is 0 Å². The maximum atomic E-state index is 14.2. The largest absolute Gasteiger partial charge is 0.497 e. The van der Waals surface area contributed by atoms with E-state index in [9.17, 15) is 9.50 Å². The SMILES string of the molecule is C#C[C@]1(CO)O[C@@H](n2cnc3c(N)nc(F)nc32)C[C@@H]1OC(c1ccccc1)(c1ccccc1)c1ccc(OC)cc1. The number of imidazole rings is 1. The highest BCUT2D eigenvalue weighted by atomic mass is 19.1. The van der Waals surface area contributed by atoms with Crippen molar-refractivity contribution in [3.8, 4) is 18.1 Å². The summed E-state index contributed by atoms with van der Waals surface area (Å²) in [4.78, 5) is 11.7. The average Bonchev–Trinajstić information content (AvgIpc) is 3.62. The van der Waals surface area contributed by atoms with Gasteiger partial charge in [-0.25, -0.2) is 4.98 Å². The monoisotopic (exact) mass is 565 g/mol. The van der Waals surface area contributed by atoms with Crippen LogP contribution in [0.3, 0.4) is 0 Å². The number of hydrogen-bond acceptors (Lipinski definition) is 8. The molecule has 1 saturated heterocycles. The van der Waals surface area contributed by atoms with Gasteiger partial charge in [0.15, 0.2) is 22.6 Å². The summed E-state index contributed by atoms with van der Waals surface area (Å²) >= 11 is 0. The summed E-state index contributed by atoms with van der Waals surface area (Å²) in [6, 6.07) is 27.1. The van der Waals surface area contributed by atoms with Gasteiger partial charge in [-0.2, -0.15) is 14.4 Å². The lowest BCUT2D eigenvalue weighted by molar-refractivity contribution is -0.133. The van der Waals surface area contributed by atoms with Crippen LogP contribution in [-0.4, -0.2) is 50.0 Å². The highest BCUT2D eigenvalue weighted by molar-refractivity contribution is 5.81. The Morgan fingerprint density at radius 3 is 2.24 bits per heavy atom. The number of halogens is 1. The summed E-state index contributed by atoms with van der Waals surface area (Å²) in [5.41, 5.74) is 6.00. The van der Waals surface area contributed by atoms with Crippen LogP contribution in [0.5, 0.6) is 5.75 Å². The van der Waals surface area contributed by atoms with E-state index in [0.717, 1.165) is 16.7 Å². The Kier molecular flexibility index (Phi) is 7.08. The lowest BCUT2D eigenvalue weighted by atomic mass is 9.79. The second kappa shape index (κ2) is 10.9. The fraction of sp³-hybridized carbons (Fsp3) is 0.219. The first-order chi connectivity index (χ1) is 20.4. The molecule has 6 rings (SSSR count). The number of rotatable bonds is 8. The second-order valence-electron chi connectivity index (χ2n) is 9.95. The number of nitrogens with two attached hydrogens (primary N) is 1. The lowest BCUT2D eigenvalue weighted by Crippen LogP contribution is -2.48. The number of ether oxygens (including phenoxy) is 3. The lowest BCUT2D eigenvalue weighted by Gasteiger charge is -2.40. The van der Waals surface area contributed by atoms with Crippen molar-refractivity contribution in [3.63, 3.8) is 0 Å². The zero-order valence-corrected chi connectivity index (χ0v) is 22.7. The van der Waals surface area contributed by atoms with Gasteiger partial charge < -0.3 is 25.1 Å². The Labute approximate surface area is 241 Å². The average molecular weight is 566 g/mol. The molecule has 0 spiro atoms. The van der Waals surface area contributed by atoms with E-state index in [4.69, 9.17) is 26.4 Å². The van der Waals surface area contributed by atoms with Crippen molar-refractivity contribution in [1.29, 1.82) is 0 Å². The second-order valence-corrected chi connectivity index (χ2v) is 9.95. The van der Waals surface area contributed by atoms with Gasteiger partial charge in [-0.3, -0.25) is 4.57 Å². The van der Waals surface area contributed by atoms with Crippen LogP contribution in [0.15, 0.2) is 91.3 Å². The number of benzene rings is 3. The van der Waals surface area contributed by atoms with Gasteiger partial charge in [0, 0.05) is 6.42 Å². The number of hydrogen-bond donors (Lipinski definition) is 2.